The molecule has 0 amide bonds. The third-order valence-electron chi connectivity index (χ3n) is 6.28. The molecule has 5 rings (SSSR count). The average Bonchev–Trinajstić information content (AvgIpc) is 3.28. The molecule has 1 aromatic heterocycles. The molecule has 0 unspecified atom stereocenters. The van der Waals surface area contributed by atoms with Crippen LogP contribution in [0.1, 0.15) is 25.0 Å². The number of nitrogens with zero attached hydrogens (tertiary/aromatic N) is 3. The summed E-state index contributed by atoms with van der Waals surface area (Å²) in [5, 5.41) is 4.83. The molecule has 0 radical (unpaired) electrons. The Morgan fingerprint density at radius 2 is 1.89 bits per heavy atom. The van der Waals surface area contributed by atoms with Gasteiger partial charge in [-0.05, 0) is 47.3 Å². The summed E-state index contributed by atoms with van der Waals surface area (Å²) < 4.78 is 6.01. The first-order chi connectivity index (χ1) is 13.6. The molecule has 1 fully saturated rings. The molecule has 3 aromatic rings. The van der Waals surface area contributed by atoms with E-state index in [-0.39, 0.29) is 5.41 Å². The van der Waals surface area contributed by atoms with Crippen molar-refractivity contribution in [1.29, 1.82) is 0 Å². The van der Waals surface area contributed by atoms with Crippen molar-refractivity contribution in [3.8, 4) is 0 Å². The van der Waals surface area contributed by atoms with Crippen molar-refractivity contribution >= 4 is 33.1 Å². The van der Waals surface area contributed by atoms with Crippen molar-refractivity contribution < 1.29 is 0 Å². The standard InChI is InChI=1S/C23H28N4S/c1-23(2)16-24-20-8-7-17(15-19(20)23)9-10-26-11-13-27(14-12-26)22-18-5-3-4-6-21(18)28-25-22/h3-8,15,24H,9-14,16H2,1-2H3. The Kier molecular flexibility index (Phi) is 4.52. The fourth-order valence-corrected chi connectivity index (χ4v) is 5.24. The first-order valence-corrected chi connectivity index (χ1v) is 11.1. The summed E-state index contributed by atoms with van der Waals surface area (Å²) in [5.41, 5.74) is 4.50. The summed E-state index contributed by atoms with van der Waals surface area (Å²) in [4.78, 5) is 5.06. The Balaban J connectivity index is 1.19. The van der Waals surface area contributed by atoms with Gasteiger partial charge < -0.3 is 10.2 Å². The molecule has 0 saturated carbocycles. The van der Waals surface area contributed by atoms with Crippen LogP contribution < -0.4 is 10.2 Å². The van der Waals surface area contributed by atoms with Crippen molar-refractivity contribution in [1.82, 2.24) is 9.27 Å². The van der Waals surface area contributed by atoms with Crippen LogP contribution in [-0.4, -0.2) is 48.5 Å². The lowest BCUT2D eigenvalue weighted by Crippen LogP contribution is -2.47. The van der Waals surface area contributed by atoms with Crippen molar-refractivity contribution in [2.24, 2.45) is 0 Å². The number of hydrogen-bond donors (Lipinski definition) is 1. The van der Waals surface area contributed by atoms with Crippen LogP contribution in [0.15, 0.2) is 42.5 Å². The van der Waals surface area contributed by atoms with Crippen molar-refractivity contribution in [3.05, 3.63) is 53.6 Å². The average molecular weight is 393 g/mol. The van der Waals surface area contributed by atoms with Crippen molar-refractivity contribution in [2.75, 3.05) is 49.5 Å². The monoisotopic (exact) mass is 392 g/mol. The van der Waals surface area contributed by atoms with Crippen LogP contribution in [0.3, 0.4) is 0 Å². The summed E-state index contributed by atoms with van der Waals surface area (Å²) in [6.45, 7) is 11.2. The number of rotatable bonds is 4. The number of nitrogens with one attached hydrogen (secondary N) is 1. The van der Waals surface area contributed by atoms with Crippen LogP contribution in [0, 0.1) is 0 Å². The largest absolute Gasteiger partial charge is 0.384 e. The van der Waals surface area contributed by atoms with Gasteiger partial charge in [0, 0.05) is 55.8 Å². The fraction of sp³-hybridized carbons (Fsp3) is 0.435. The van der Waals surface area contributed by atoms with Gasteiger partial charge >= 0.3 is 0 Å². The van der Waals surface area contributed by atoms with Gasteiger partial charge in [-0.25, -0.2) is 0 Å². The summed E-state index contributed by atoms with van der Waals surface area (Å²) in [6.07, 6.45) is 1.13. The number of benzene rings is 2. The van der Waals surface area contributed by atoms with Crippen LogP contribution in [0.5, 0.6) is 0 Å². The summed E-state index contributed by atoms with van der Waals surface area (Å²) in [7, 11) is 0. The van der Waals surface area contributed by atoms with Gasteiger partial charge in [-0.3, -0.25) is 4.90 Å². The van der Waals surface area contributed by atoms with Gasteiger partial charge in [0.25, 0.3) is 0 Å². The number of piperazine rings is 1. The van der Waals surface area contributed by atoms with Gasteiger partial charge in [-0.2, -0.15) is 4.37 Å². The van der Waals surface area contributed by atoms with Gasteiger partial charge in [-0.1, -0.05) is 38.1 Å². The number of fused-ring (bicyclic) bond motifs is 2. The van der Waals surface area contributed by atoms with E-state index >= 15 is 0 Å². The number of anilines is 2. The van der Waals surface area contributed by atoms with Crippen molar-refractivity contribution in [2.45, 2.75) is 25.7 Å². The van der Waals surface area contributed by atoms with E-state index in [9.17, 15) is 0 Å². The van der Waals surface area contributed by atoms with Crippen molar-refractivity contribution in [3.63, 3.8) is 0 Å². The zero-order chi connectivity index (χ0) is 19.1. The summed E-state index contributed by atoms with van der Waals surface area (Å²) in [6, 6.07) is 15.6. The molecule has 1 N–H and O–H groups in total. The second-order valence-electron chi connectivity index (χ2n) is 8.70. The van der Waals surface area contributed by atoms with E-state index < -0.39 is 0 Å². The first-order valence-electron chi connectivity index (χ1n) is 10.3. The predicted molar refractivity (Wildman–Crippen MR) is 120 cm³/mol. The molecule has 3 heterocycles. The zero-order valence-electron chi connectivity index (χ0n) is 16.7. The molecule has 4 nitrogen and oxygen atoms in total. The van der Waals surface area contributed by atoms with Crippen LogP contribution in [0.25, 0.3) is 10.1 Å². The van der Waals surface area contributed by atoms with Gasteiger partial charge in [0.2, 0.25) is 0 Å². The minimum absolute atomic E-state index is 0.243. The highest BCUT2D eigenvalue weighted by atomic mass is 32.1. The maximum absolute atomic E-state index is 4.73. The lowest BCUT2D eigenvalue weighted by molar-refractivity contribution is 0.260. The Hall–Kier alpha value is -2.11. The van der Waals surface area contributed by atoms with Gasteiger partial charge in [0.15, 0.2) is 0 Å². The molecule has 0 aliphatic carbocycles. The Labute approximate surface area is 171 Å². The van der Waals surface area contributed by atoms with Gasteiger partial charge in [0.05, 0.1) is 4.70 Å². The molecule has 0 spiro atoms. The van der Waals surface area contributed by atoms with E-state index in [0.717, 1.165) is 45.7 Å². The number of hydrogen-bond acceptors (Lipinski definition) is 5. The summed E-state index contributed by atoms with van der Waals surface area (Å²) in [5.74, 6) is 1.17. The molecule has 0 bridgehead atoms. The minimum Gasteiger partial charge on any atom is -0.384 e. The fourth-order valence-electron chi connectivity index (χ4n) is 4.44. The highest BCUT2D eigenvalue weighted by Crippen LogP contribution is 2.36. The Morgan fingerprint density at radius 1 is 1.07 bits per heavy atom. The molecular weight excluding hydrogens is 364 g/mol. The highest BCUT2D eigenvalue weighted by molar-refractivity contribution is 7.13. The molecule has 0 atom stereocenters. The second-order valence-corrected chi connectivity index (χ2v) is 9.50. The molecule has 5 heteroatoms. The summed E-state index contributed by atoms with van der Waals surface area (Å²) >= 11 is 1.61. The Morgan fingerprint density at radius 3 is 2.75 bits per heavy atom. The molecule has 2 aliphatic heterocycles. The maximum atomic E-state index is 4.73. The van der Waals surface area contributed by atoms with E-state index in [1.54, 1.807) is 11.5 Å². The lowest BCUT2D eigenvalue weighted by Gasteiger charge is -2.35. The van der Waals surface area contributed by atoms with Crippen LogP contribution >= 0.6 is 11.5 Å². The smallest absolute Gasteiger partial charge is 0.150 e. The van der Waals surface area contributed by atoms with E-state index in [1.165, 1.54) is 32.7 Å². The molecule has 146 valence electrons. The molecular formula is C23H28N4S. The van der Waals surface area contributed by atoms with Crippen LogP contribution in [0.4, 0.5) is 11.5 Å². The number of aromatic nitrogens is 1. The molecule has 2 aromatic carbocycles. The minimum atomic E-state index is 0.243. The van der Waals surface area contributed by atoms with E-state index in [4.69, 9.17) is 4.37 Å². The first kappa shape index (κ1) is 18.0. The van der Waals surface area contributed by atoms with Gasteiger partial charge in [0.1, 0.15) is 5.82 Å². The molecule has 28 heavy (non-hydrogen) atoms. The third-order valence-corrected chi connectivity index (χ3v) is 7.10. The highest BCUT2D eigenvalue weighted by Gasteiger charge is 2.29. The Bertz CT molecular complexity index is 985. The van der Waals surface area contributed by atoms with E-state index in [2.05, 4.69) is 71.4 Å². The zero-order valence-corrected chi connectivity index (χ0v) is 17.6. The predicted octanol–water partition coefficient (Wildman–Crippen LogP) is 4.36. The van der Waals surface area contributed by atoms with Gasteiger partial charge in [-0.15, -0.1) is 0 Å². The quantitative estimate of drug-likeness (QED) is 0.715. The normalized spacial score (nSPS) is 19.0. The van der Waals surface area contributed by atoms with Crippen LogP contribution in [0.2, 0.25) is 0 Å². The van der Waals surface area contributed by atoms with E-state index in [0.29, 0.717) is 0 Å². The topological polar surface area (TPSA) is 31.4 Å². The third kappa shape index (κ3) is 3.27. The molecule has 1 saturated heterocycles. The maximum Gasteiger partial charge on any atom is 0.150 e. The van der Waals surface area contributed by atoms with Crippen LogP contribution in [-0.2, 0) is 11.8 Å². The SMILES string of the molecule is CC1(C)CNc2ccc(CCN3CCN(c4nsc5ccccc45)CC3)cc21. The lowest BCUT2D eigenvalue weighted by atomic mass is 9.86. The molecule has 2 aliphatic rings. The van der Waals surface area contributed by atoms with E-state index in [1.807, 2.05) is 0 Å². The second kappa shape index (κ2) is 7.05.